The fourth-order valence-corrected chi connectivity index (χ4v) is 2.27. The Morgan fingerprint density at radius 2 is 1.76 bits per heavy atom. The first-order valence-electron chi connectivity index (χ1n) is 7.31. The summed E-state index contributed by atoms with van der Waals surface area (Å²) in [6.45, 7) is 0.270. The fraction of sp³-hybridized carbons (Fsp3) is 0.118. The van der Waals surface area contributed by atoms with Gasteiger partial charge >= 0.3 is 6.18 Å². The lowest BCUT2D eigenvalue weighted by molar-refractivity contribution is -0.137. The standard InChI is InChI=1S/C17H13F3N4O/c18-17(19,20)11-6-7-12-13(8-11)24-15(21)14(23-12)16(25)22-9-10-4-2-1-3-5-10/h1-8H,9H2,(H2,21,24)(H,22,25). The topological polar surface area (TPSA) is 80.9 Å². The van der Waals surface area contributed by atoms with Gasteiger partial charge in [-0.15, -0.1) is 0 Å². The van der Waals surface area contributed by atoms with E-state index >= 15 is 0 Å². The minimum Gasteiger partial charge on any atom is -0.382 e. The predicted molar refractivity (Wildman–Crippen MR) is 86.6 cm³/mol. The van der Waals surface area contributed by atoms with E-state index < -0.39 is 17.6 Å². The first kappa shape index (κ1) is 16.7. The van der Waals surface area contributed by atoms with Crippen LogP contribution in [-0.2, 0) is 12.7 Å². The predicted octanol–water partition coefficient (Wildman–Crippen LogP) is 3.16. The number of nitrogens with zero attached hydrogens (tertiary/aromatic N) is 2. The van der Waals surface area contributed by atoms with Crippen LogP contribution < -0.4 is 11.1 Å². The molecule has 0 saturated carbocycles. The molecule has 0 atom stereocenters. The third-order valence-corrected chi connectivity index (χ3v) is 3.53. The van der Waals surface area contributed by atoms with E-state index in [1.165, 1.54) is 6.07 Å². The van der Waals surface area contributed by atoms with Gasteiger partial charge in [-0.3, -0.25) is 4.79 Å². The molecule has 0 radical (unpaired) electrons. The average Bonchev–Trinajstić information content (AvgIpc) is 2.58. The van der Waals surface area contributed by atoms with Crippen molar-refractivity contribution in [1.29, 1.82) is 0 Å². The van der Waals surface area contributed by atoms with E-state index in [1.807, 2.05) is 30.3 Å². The van der Waals surface area contributed by atoms with E-state index in [4.69, 9.17) is 5.73 Å². The molecule has 3 aromatic rings. The number of halogens is 3. The summed E-state index contributed by atoms with van der Waals surface area (Å²) >= 11 is 0. The number of nitrogens with one attached hydrogen (secondary N) is 1. The van der Waals surface area contributed by atoms with Crippen LogP contribution in [0.3, 0.4) is 0 Å². The van der Waals surface area contributed by atoms with Crippen LogP contribution in [-0.4, -0.2) is 15.9 Å². The number of carbonyl (C=O) groups excluding carboxylic acids is 1. The number of aromatic nitrogens is 2. The summed E-state index contributed by atoms with van der Waals surface area (Å²) in [4.78, 5) is 20.2. The molecule has 3 N–H and O–H groups in total. The Balaban J connectivity index is 1.86. The van der Waals surface area contributed by atoms with E-state index in [1.54, 1.807) is 0 Å². The number of benzene rings is 2. The third kappa shape index (κ3) is 3.68. The van der Waals surface area contributed by atoms with Crippen molar-refractivity contribution in [3.63, 3.8) is 0 Å². The molecule has 0 unspecified atom stereocenters. The molecule has 8 heteroatoms. The van der Waals surface area contributed by atoms with Crippen LogP contribution in [0.15, 0.2) is 48.5 Å². The zero-order valence-corrected chi connectivity index (χ0v) is 12.8. The SMILES string of the molecule is Nc1nc2cc(C(F)(F)F)ccc2nc1C(=O)NCc1ccccc1. The van der Waals surface area contributed by atoms with Crippen molar-refractivity contribution in [2.45, 2.75) is 12.7 Å². The number of hydrogen-bond acceptors (Lipinski definition) is 4. The first-order valence-corrected chi connectivity index (χ1v) is 7.31. The van der Waals surface area contributed by atoms with Gasteiger partial charge in [-0.25, -0.2) is 9.97 Å². The minimum atomic E-state index is -4.49. The number of alkyl halides is 3. The zero-order valence-electron chi connectivity index (χ0n) is 12.8. The van der Waals surface area contributed by atoms with Gasteiger partial charge in [-0.05, 0) is 23.8 Å². The van der Waals surface area contributed by atoms with Crippen LogP contribution in [0.4, 0.5) is 19.0 Å². The Morgan fingerprint density at radius 3 is 2.44 bits per heavy atom. The summed E-state index contributed by atoms with van der Waals surface area (Å²) in [5, 5.41) is 2.65. The maximum atomic E-state index is 12.7. The first-order chi connectivity index (χ1) is 11.8. The minimum absolute atomic E-state index is 0.0214. The van der Waals surface area contributed by atoms with E-state index in [0.717, 1.165) is 17.7 Å². The van der Waals surface area contributed by atoms with Crippen LogP contribution >= 0.6 is 0 Å². The van der Waals surface area contributed by atoms with Crippen molar-refractivity contribution in [1.82, 2.24) is 15.3 Å². The number of carbonyl (C=O) groups is 1. The summed E-state index contributed by atoms with van der Waals surface area (Å²) in [6.07, 6.45) is -4.49. The van der Waals surface area contributed by atoms with Crippen molar-refractivity contribution in [3.05, 3.63) is 65.4 Å². The maximum absolute atomic E-state index is 12.7. The van der Waals surface area contributed by atoms with Crippen molar-refractivity contribution < 1.29 is 18.0 Å². The van der Waals surface area contributed by atoms with E-state index in [9.17, 15) is 18.0 Å². The van der Waals surface area contributed by atoms with Gasteiger partial charge in [0.05, 0.1) is 16.6 Å². The normalized spacial score (nSPS) is 11.5. The number of hydrogen-bond donors (Lipinski definition) is 2. The second kappa shape index (κ2) is 6.39. The number of anilines is 1. The summed E-state index contributed by atoms with van der Waals surface area (Å²) in [6, 6.07) is 12.1. The van der Waals surface area contributed by atoms with Crippen molar-refractivity contribution in [2.75, 3.05) is 5.73 Å². The van der Waals surface area contributed by atoms with Gasteiger partial charge in [0.1, 0.15) is 0 Å². The monoisotopic (exact) mass is 346 g/mol. The summed E-state index contributed by atoms with van der Waals surface area (Å²) in [5.41, 5.74) is 5.75. The molecule has 0 bridgehead atoms. The van der Waals surface area contributed by atoms with Gasteiger partial charge in [0.25, 0.3) is 5.91 Å². The van der Waals surface area contributed by atoms with E-state index in [-0.39, 0.29) is 29.1 Å². The summed E-state index contributed by atoms with van der Waals surface area (Å²) in [7, 11) is 0. The highest BCUT2D eigenvalue weighted by Gasteiger charge is 2.30. The summed E-state index contributed by atoms with van der Waals surface area (Å²) in [5.74, 6) is -0.770. The molecule has 1 amide bonds. The molecule has 128 valence electrons. The smallest absolute Gasteiger partial charge is 0.382 e. The van der Waals surface area contributed by atoms with E-state index in [2.05, 4.69) is 15.3 Å². The molecule has 25 heavy (non-hydrogen) atoms. The Labute approximate surface area is 140 Å². The zero-order chi connectivity index (χ0) is 18.0. The van der Waals surface area contributed by atoms with Crippen molar-refractivity contribution >= 4 is 22.8 Å². The number of amides is 1. The molecule has 1 heterocycles. The lowest BCUT2D eigenvalue weighted by atomic mass is 10.2. The second-order valence-electron chi connectivity index (χ2n) is 5.33. The largest absolute Gasteiger partial charge is 0.416 e. The van der Waals surface area contributed by atoms with E-state index in [0.29, 0.717) is 0 Å². The molecule has 0 aliphatic carbocycles. The molecule has 0 saturated heterocycles. The highest BCUT2D eigenvalue weighted by Crippen LogP contribution is 2.31. The fourth-order valence-electron chi connectivity index (χ4n) is 2.27. The Kier molecular flexibility index (Phi) is 4.26. The molecular weight excluding hydrogens is 333 g/mol. The highest BCUT2D eigenvalue weighted by atomic mass is 19.4. The van der Waals surface area contributed by atoms with Gasteiger partial charge in [0.2, 0.25) is 0 Å². The molecule has 0 aliphatic rings. The number of fused-ring (bicyclic) bond motifs is 1. The highest BCUT2D eigenvalue weighted by molar-refractivity contribution is 5.98. The number of nitrogens with two attached hydrogens (primary N) is 1. The Morgan fingerprint density at radius 1 is 1.04 bits per heavy atom. The van der Waals surface area contributed by atoms with Gasteiger partial charge < -0.3 is 11.1 Å². The lowest BCUT2D eigenvalue weighted by Crippen LogP contribution is -2.25. The van der Waals surface area contributed by atoms with Crippen LogP contribution in [0.2, 0.25) is 0 Å². The van der Waals surface area contributed by atoms with Gasteiger partial charge in [-0.2, -0.15) is 13.2 Å². The number of rotatable bonds is 3. The lowest BCUT2D eigenvalue weighted by Gasteiger charge is -2.10. The molecule has 1 aromatic heterocycles. The van der Waals surface area contributed by atoms with Gasteiger partial charge in [0.15, 0.2) is 11.5 Å². The number of nitrogen functional groups attached to an aromatic ring is 1. The molecule has 0 fully saturated rings. The third-order valence-electron chi connectivity index (χ3n) is 3.53. The molecule has 3 rings (SSSR count). The molecule has 0 aliphatic heterocycles. The second-order valence-corrected chi connectivity index (χ2v) is 5.33. The van der Waals surface area contributed by atoms with Crippen molar-refractivity contribution in [2.24, 2.45) is 0 Å². The Bertz CT molecular complexity index is 926. The Hall–Kier alpha value is -3.16. The average molecular weight is 346 g/mol. The van der Waals surface area contributed by atoms with Crippen LogP contribution in [0.25, 0.3) is 11.0 Å². The molecular formula is C17H13F3N4O. The quantitative estimate of drug-likeness (QED) is 0.763. The van der Waals surface area contributed by atoms with Crippen LogP contribution in [0.5, 0.6) is 0 Å². The molecule has 0 spiro atoms. The van der Waals surface area contributed by atoms with Crippen molar-refractivity contribution in [3.8, 4) is 0 Å². The van der Waals surface area contributed by atoms with Gasteiger partial charge in [-0.1, -0.05) is 30.3 Å². The summed E-state index contributed by atoms with van der Waals surface area (Å²) < 4.78 is 38.2. The van der Waals surface area contributed by atoms with Crippen LogP contribution in [0.1, 0.15) is 21.6 Å². The van der Waals surface area contributed by atoms with Gasteiger partial charge in [0, 0.05) is 6.54 Å². The van der Waals surface area contributed by atoms with Crippen LogP contribution in [0, 0.1) is 0 Å². The molecule has 5 nitrogen and oxygen atoms in total. The molecule has 2 aromatic carbocycles. The maximum Gasteiger partial charge on any atom is 0.416 e.